The van der Waals surface area contributed by atoms with Gasteiger partial charge >= 0.3 is 5.69 Å². The second-order valence-corrected chi connectivity index (χ2v) is 7.61. The van der Waals surface area contributed by atoms with E-state index in [0.717, 1.165) is 26.2 Å². The lowest BCUT2D eigenvalue weighted by atomic mass is 10.1. The lowest BCUT2D eigenvalue weighted by Crippen LogP contribution is -2.23. The van der Waals surface area contributed by atoms with Crippen LogP contribution in [0.4, 0.5) is 0 Å². The summed E-state index contributed by atoms with van der Waals surface area (Å²) in [4.78, 5) is 16.8. The van der Waals surface area contributed by atoms with E-state index < -0.39 is 11.8 Å². The third kappa shape index (κ3) is 3.26. The molecule has 28 heavy (non-hydrogen) atoms. The van der Waals surface area contributed by atoms with Gasteiger partial charge in [-0.2, -0.15) is 9.36 Å². The van der Waals surface area contributed by atoms with E-state index in [1.165, 1.54) is 18.4 Å². The predicted octanol–water partition coefficient (Wildman–Crippen LogP) is 3.13. The fourth-order valence-electron chi connectivity index (χ4n) is 2.84. The summed E-state index contributed by atoms with van der Waals surface area (Å²) in [6.45, 7) is 2.02. The molecule has 0 aliphatic heterocycles. The number of nitrogens with zero attached hydrogens (tertiary/aromatic N) is 5. The highest BCUT2D eigenvalue weighted by Crippen LogP contribution is 2.35. The monoisotopic (exact) mass is 413 g/mol. The fourth-order valence-corrected chi connectivity index (χ4v) is 3.93. The molecule has 2 heterocycles. The van der Waals surface area contributed by atoms with Gasteiger partial charge in [-0.15, -0.1) is 11.3 Å². The highest BCUT2D eigenvalue weighted by molar-refractivity contribution is 7.10. The molecule has 7 nitrogen and oxygen atoms in total. The fraction of sp³-hybridized carbons (Fsp3) is 0.158. The molecule has 0 fully saturated rings. The number of aliphatic hydroxyl groups is 1. The summed E-state index contributed by atoms with van der Waals surface area (Å²) in [6.07, 6.45) is -1.11. The Hall–Kier alpha value is -2.81. The minimum atomic E-state index is -1.11. The quantitative estimate of drug-likeness (QED) is 0.555. The molecule has 0 aliphatic carbocycles. The Morgan fingerprint density at radius 1 is 1.14 bits per heavy atom. The minimum absolute atomic E-state index is 0.314. The van der Waals surface area contributed by atoms with Crippen LogP contribution >= 0.6 is 22.9 Å². The van der Waals surface area contributed by atoms with Crippen molar-refractivity contribution in [3.05, 3.63) is 79.5 Å². The van der Waals surface area contributed by atoms with Crippen LogP contribution in [0.25, 0.3) is 16.9 Å². The van der Waals surface area contributed by atoms with E-state index in [4.69, 9.17) is 11.6 Å². The van der Waals surface area contributed by atoms with Crippen molar-refractivity contribution in [2.24, 2.45) is 7.05 Å². The van der Waals surface area contributed by atoms with Crippen molar-refractivity contribution in [1.29, 1.82) is 0 Å². The van der Waals surface area contributed by atoms with Gasteiger partial charge in [-0.1, -0.05) is 47.5 Å². The molecule has 0 radical (unpaired) electrons. The van der Waals surface area contributed by atoms with Crippen LogP contribution in [0.15, 0.2) is 52.6 Å². The zero-order valence-corrected chi connectivity index (χ0v) is 16.6. The SMILES string of the molecule is Cc1ccc(-c2csc(C(O)c3c(Cl)cccc3-n3nnn(C)c3=O)n2)cc1. The molecular formula is C19H16ClN5O2S. The summed E-state index contributed by atoms with van der Waals surface area (Å²) in [6, 6.07) is 13.0. The number of hydrogen-bond donors (Lipinski definition) is 1. The number of aliphatic hydroxyl groups excluding tert-OH is 1. The van der Waals surface area contributed by atoms with E-state index in [2.05, 4.69) is 15.4 Å². The molecule has 1 unspecified atom stereocenters. The first kappa shape index (κ1) is 18.5. The Morgan fingerprint density at radius 2 is 1.89 bits per heavy atom. The van der Waals surface area contributed by atoms with Gasteiger partial charge in [-0.3, -0.25) is 0 Å². The van der Waals surface area contributed by atoms with Crippen molar-refractivity contribution in [3.8, 4) is 16.9 Å². The van der Waals surface area contributed by atoms with Crippen LogP contribution in [-0.4, -0.2) is 29.9 Å². The van der Waals surface area contributed by atoms with Crippen LogP contribution in [0.5, 0.6) is 0 Å². The van der Waals surface area contributed by atoms with Gasteiger partial charge in [0, 0.05) is 28.6 Å². The van der Waals surface area contributed by atoms with E-state index in [1.807, 2.05) is 36.6 Å². The summed E-state index contributed by atoms with van der Waals surface area (Å²) >= 11 is 7.70. The first-order valence-corrected chi connectivity index (χ1v) is 9.70. The number of tetrazole rings is 1. The van der Waals surface area contributed by atoms with Crippen molar-refractivity contribution in [2.75, 3.05) is 0 Å². The Morgan fingerprint density at radius 3 is 2.57 bits per heavy atom. The summed E-state index contributed by atoms with van der Waals surface area (Å²) in [5.74, 6) is 0. The maximum absolute atomic E-state index is 12.3. The molecule has 4 rings (SSSR count). The summed E-state index contributed by atoms with van der Waals surface area (Å²) in [5.41, 5.74) is 3.18. The van der Waals surface area contributed by atoms with Crippen LogP contribution in [-0.2, 0) is 7.05 Å². The van der Waals surface area contributed by atoms with Gasteiger partial charge in [-0.05, 0) is 29.5 Å². The summed E-state index contributed by atoms with van der Waals surface area (Å²) in [7, 11) is 1.50. The maximum Gasteiger partial charge on any atom is 0.368 e. The second kappa shape index (κ2) is 7.31. The van der Waals surface area contributed by atoms with E-state index in [1.54, 1.807) is 18.2 Å². The van der Waals surface area contributed by atoms with Gasteiger partial charge in [0.05, 0.1) is 11.4 Å². The molecule has 1 atom stereocenters. The molecule has 0 amide bonds. The molecule has 4 aromatic rings. The molecule has 9 heteroatoms. The van der Waals surface area contributed by atoms with Crippen LogP contribution in [0, 0.1) is 6.92 Å². The zero-order valence-electron chi connectivity index (χ0n) is 15.1. The maximum atomic E-state index is 12.3. The minimum Gasteiger partial charge on any atom is -0.381 e. The Bertz CT molecular complexity index is 1200. The lowest BCUT2D eigenvalue weighted by Gasteiger charge is -2.14. The number of aryl methyl sites for hydroxylation is 2. The average molecular weight is 414 g/mol. The molecule has 2 aromatic heterocycles. The van der Waals surface area contributed by atoms with Gasteiger partial charge in [0.25, 0.3) is 0 Å². The molecular weight excluding hydrogens is 398 g/mol. The second-order valence-electron chi connectivity index (χ2n) is 6.31. The standard InChI is InChI=1S/C19H16ClN5O2S/c1-11-6-8-12(9-7-11)14-10-28-18(21-14)17(26)16-13(20)4-3-5-15(16)25-19(27)24(2)22-23-25/h3-10,17,26H,1-2H3. The van der Waals surface area contributed by atoms with Crippen molar-refractivity contribution in [1.82, 2.24) is 24.8 Å². The lowest BCUT2D eigenvalue weighted by molar-refractivity contribution is 0.219. The molecule has 1 N–H and O–H groups in total. The van der Waals surface area contributed by atoms with Crippen LogP contribution < -0.4 is 5.69 Å². The molecule has 0 saturated carbocycles. The van der Waals surface area contributed by atoms with Crippen molar-refractivity contribution < 1.29 is 5.11 Å². The molecule has 142 valence electrons. The largest absolute Gasteiger partial charge is 0.381 e. The highest BCUT2D eigenvalue weighted by atomic mass is 35.5. The van der Waals surface area contributed by atoms with Crippen molar-refractivity contribution in [3.63, 3.8) is 0 Å². The van der Waals surface area contributed by atoms with Gasteiger partial charge in [-0.25, -0.2) is 9.78 Å². The molecule has 0 saturated heterocycles. The number of aromatic nitrogens is 5. The third-order valence-corrected chi connectivity index (χ3v) is 5.58. The molecule has 2 aromatic carbocycles. The molecule has 0 spiro atoms. The van der Waals surface area contributed by atoms with Gasteiger partial charge in [0.2, 0.25) is 0 Å². The summed E-state index contributed by atoms with van der Waals surface area (Å²) in [5, 5.41) is 21.3. The molecule has 0 bridgehead atoms. The van der Waals surface area contributed by atoms with Crippen LogP contribution in [0.1, 0.15) is 22.2 Å². The van der Waals surface area contributed by atoms with Gasteiger partial charge in [0.15, 0.2) is 0 Å². The number of benzene rings is 2. The van der Waals surface area contributed by atoms with Crippen molar-refractivity contribution in [2.45, 2.75) is 13.0 Å². The van der Waals surface area contributed by atoms with E-state index in [9.17, 15) is 9.90 Å². The van der Waals surface area contributed by atoms with Crippen molar-refractivity contribution >= 4 is 22.9 Å². The van der Waals surface area contributed by atoms with E-state index in [0.29, 0.717) is 21.3 Å². The number of halogens is 1. The Kier molecular flexibility index (Phi) is 4.84. The van der Waals surface area contributed by atoms with Crippen LogP contribution in [0.2, 0.25) is 5.02 Å². The first-order valence-electron chi connectivity index (χ1n) is 8.44. The first-order chi connectivity index (χ1) is 13.5. The number of rotatable bonds is 4. The topological polar surface area (TPSA) is 85.8 Å². The smallest absolute Gasteiger partial charge is 0.368 e. The Balaban J connectivity index is 1.77. The zero-order chi connectivity index (χ0) is 19.8. The predicted molar refractivity (Wildman–Crippen MR) is 108 cm³/mol. The third-order valence-electron chi connectivity index (χ3n) is 4.36. The van der Waals surface area contributed by atoms with E-state index in [-0.39, 0.29) is 0 Å². The number of thiazole rings is 1. The van der Waals surface area contributed by atoms with Gasteiger partial charge < -0.3 is 5.11 Å². The summed E-state index contributed by atoms with van der Waals surface area (Å²) < 4.78 is 2.22. The average Bonchev–Trinajstić information content (AvgIpc) is 3.30. The number of hydrogen-bond acceptors (Lipinski definition) is 6. The normalized spacial score (nSPS) is 12.3. The highest BCUT2D eigenvalue weighted by Gasteiger charge is 2.24. The Labute approximate surface area is 169 Å². The van der Waals surface area contributed by atoms with E-state index >= 15 is 0 Å². The van der Waals surface area contributed by atoms with Crippen LogP contribution in [0.3, 0.4) is 0 Å². The van der Waals surface area contributed by atoms with Gasteiger partial charge in [0.1, 0.15) is 11.1 Å². The molecule has 0 aliphatic rings.